The summed E-state index contributed by atoms with van der Waals surface area (Å²) in [5.41, 5.74) is 2.22. The summed E-state index contributed by atoms with van der Waals surface area (Å²) in [4.78, 5) is 16.0. The molecule has 0 saturated carbocycles. The normalized spacial score (nSPS) is 15.1. The van der Waals surface area contributed by atoms with E-state index in [9.17, 15) is 4.79 Å². The Morgan fingerprint density at radius 1 is 1.50 bits per heavy atom. The summed E-state index contributed by atoms with van der Waals surface area (Å²) in [6.45, 7) is 1.83. The van der Waals surface area contributed by atoms with Crippen LogP contribution in [0.1, 0.15) is 13.3 Å². The highest BCUT2D eigenvalue weighted by atomic mass is 32.2. The number of carbonyl (C=O) groups excluding carboxylic acids is 1. The van der Waals surface area contributed by atoms with Gasteiger partial charge in [-0.3, -0.25) is 10.1 Å². The van der Waals surface area contributed by atoms with Gasteiger partial charge in [0, 0.05) is 5.71 Å². The molecule has 0 fully saturated rings. The maximum absolute atomic E-state index is 11.7. The minimum Gasteiger partial charge on any atom is -0.272 e. The predicted molar refractivity (Wildman–Crippen MR) is 81.0 cm³/mol. The first kappa shape index (κ1) is 14.1. The molecule has 20 heavy (non-hydrogen) atoms. The minimum absolute atomic E-state index is 0.0327. The van der Waals surface area contributed by atoms with E-state index in [2.05, 4.69) is 15.4 Å². The summed E-state index contributed by atoms with van der Waals surface area (Å²) in [5, 5.41) is 17.2. The van der Waals surface area contributed by atoms with Crippen LogP contribution in [0.3, 0.4) is 0 Å². The third kappa shape index (κ3) is 3.16. The largest absolute Gasteiger partial charge is 0.272 e. The number of anilines is 1. The molecule has 0 radical (unpaired) electrons. The Hall–Kier alpha value is -2.33. The molecule has 1 amide bonds. The molecular weight excluding hydrogens is 274 g/mol. The molecule has 6 nitrogen and oxygen atoms in total. The average molecular weight is 287 g/mol. The number of benzene rings is 1. The number of aliphatic imine (C=N–C) groups is 1. The molecule has 7 heteroatoms. The maximum Gasteiger partial charge on any atom is 0.253 e. The van der Waals surface area contributed by atoms with Crippen LogP contribution < -0.4 is 10.3 Å². The van der Waals surface area contributed by atoms with E-state index in [1.807, 2.05) is 19.4 Å². The number of hydrogen-bond donors (Lipinski definition) is 1. The topological polar surface area (TPSA) is 80.8 Å². The summed E-state index contributed by atoms with van der Waals surface area (Å²) < 4.78 is 0. The molecule has 0 unspecified atom stereocenters. The van der Waals surface area contributed by atoms with E-state index in [-0.39, 0.29) is 5.91 Å². The molecule has 0 saturated heterocycles. The first-order valence-corrected chi connectivity index (χ1v) is 7.11. The smallest absolute Gasteiger partial charge is 0.253 e. The maximum atomic E-state index is 11.7. The van der Waals surface area contributed by atoms with Crippen molar-refractivity contribution in [3.8, 4) is 6.19 Å². The third-order valence-electron chi connectivity index (χ3n) is 2.60. The number of hydrazone groups is 1. The third-order valence-corrected chi connectivity index (χ3v) is 3.18. The summed E-state index contributed by atoms with van der Waals surface area (Å²) in [7, 11) is 0. The van der Waals surface area contributed by atoms with Gasteiger partial charge in [-0.2, -0.15) is 10.4 Å². The summed E-state index contributed by atoms with van der Waals surface area (Å²) >= 11 is 1.35. The van der Waals surface area contributed by atoms with Crippen LogP contribution in [0.4, 0.5) is 11.4 Å². The number of amidine groups is 1. The van der Waals surface area contributed by atoms with Gasteiger partial charge in [-0.05, 0) is 37.4 Å². The summed E-state index contributed by atoms with van der Waals surface area (Å²) in [5.74, 6) is -0.0327. The molecule has 1 N–H and O–H groups in total. The van der Waals surface area contributed by atoms with E-state index >= 15 is 0 Å². The van der Waals surface area contributed by atoms with Crippen LogP contribution in [0, 0.1) is 11.5 Å². The lowest BCUT2D eigenvalue weighted by Crippen LogP contribution is -2.19. The Labute approximate surface area is 121 Å². The number of carbonyl (C=O) groups is 1. The predicted octanol–water partition coefficient (Wildman–Crippen LogP) is 2.22. The van der Waals surface area contributed by atoms with Crippen molar-refractivity contribution in [1.82, 2.24) is 5.32 Å². The Morgan fingerprint density at radius 3 is 2.70 bits per heavy atom. The molecule has 2 rings (SSSR count). The van der Waals surface area contributed by atoms with Gasteiger partial charge in [0.05, 0.1) is 17.8 Å². The standard InChI is InChI=1S/C13H13N5OS/c1-9-7-12(19)18(17-9)11-5-3-10(4-6-11)16-13(20-2)15-8-14/h3-6H,7H2,1-2H3,(H,15,16). The Bertz CT molecular complexity index is 615. The van der Waals surface area contributed by atoms with Crippen molar-refractivity contribution in [2.45, 2.75) is 13.3 Å². The SMILES string of the molecule is CSC(=Nc1ccc(N2N=C(C)CC2=O)cc1)NC#N. The van der Waals surface area contributed by atoms with Gasteiger partial charge in [0.25, 0.3) is 5.91 Å². The molecule has 0 aliphatic carbocycles. The van der Waals surface area contributed by atoms with Crippen molar-refractivity contribution >= 4 is 39.9 Å². The van der Waals surface area contributed by atoms with Crippen molar-refractivity contribution in [3.63, 3.8) is 0 Å². The lowest BCUT2D eigenvalue weighted by molar-refractivity contribution is -0.116. The molecule has 0 atom stereocenters. The fraction of sp³-hybridized carbons (Fsp3) is 0.231. The zero-order valence-corrected chi connectivity index (χ0v) is 11.9. The second-order valence-electron chi connectivity index (χ2n) is 4.09. The van der Waals surface area contributed by atoms with Crippen LogP contribution in [0.25, 0.3) is 0 Å². The molecule has 1 aliphatic heterocycles. The number of rotatable bonds is 2. The monoisotopic (exact) mass is 287 g/mol. The van der Waals surface area contributed by atoms with Gasteiger partial charge >= 0.3 is 0 Å². The number of thioether (sulfide) groups is 1. The number of nitrogens with one attached hydrogen (secondary N) is 1. The van der Waals surface area contributed by atoms with Crippen molar-refractivity contribution in [2.24, 2.45) is 10.1 Å². The molecule has 0 aromatic heterocycles. The quantitative estimate of drug-likeness (QED) is 0.391. The van der Waals surface area contributed by atoms with Gasteiger partial charge in [0.15, 0.2) is 11.4 Å². The van der Waals surface area contributed by atoms with E-state index < -0.39 is 0 Å². The fourth-order valence-corrected chi connectivity index (χ4v) is 2.06. The molecule has 1 aliphatic rings. The van der Waals surface area contributed by atoms with E-state index in [1.165, 1.54) is 16.8 Å². The van der Waals surface area contributed by atoms with E-state index in [1.54, 1.807) is 24.3 Å². The zero-order chi connectivity index (χ0) is 14.5. The Balaban J connectivity index is 2.19. The summed E-state index contributed by atoms with van der Waals surface area (Å²) in [6, 6.07) is 7.12. The zero-order valence-electron chi connectivity index (χ0n) is 11.1. The molecule has 1 aromatic rings. The average Bonchev–Trinajstić information content (AvgIpc) is 2.78. The Morgan fingerprint density at radius 2 is 2.20 bits per heavy atom. The van der Waals surface area contributed by atoms with Crippen LogP contribution in [-0.4, -0.2) is 23.0 Å². The van der Waals surface area contributed by atoms with Crippen LogP contribution in [0.2, 0.25) is 0 Å². The van der Waals surface area contributed by atoms with Crippen LogP contribution in [0.5, 0.6) is 0 Å². The van der Waals surface area contributed by atoms with Gasteiger partial charge in [0.1, 0.15) is 0 Å². The number of amides is 1. The van der Waals surface area contributed by atoms with Crippen LogP contribution in [-0.2, 0) is 4.79 Å². The molecule has 0 bridgehead atoms. The van der Waals surface area contributed by atoms with Crippen molar-refractivity contribution in [1.29, 1.82) is 5.26 Å². The van der Waals surface area contributed by atoms with Crippen molar-refractivity contribution < 1.29 is 4.79 Å². The van der Waals surface area contributed by atoms with Gasteiger partial charge in [0.2, 0.25) is 0 Å². The lowest BCUT2D eigenvalue weighted by Gasteiger charge is -2.11. The number of nitriles is 1. The molecular formula is C13H13N5OS. The van der Waals surface area contributed by atoms with E-state index in [0.717, 1.165) is 5.71 Å². The van der Waals surface area contributed by atoms with Gasteiger partial charge in [-0.1, -0.05) is 11.8 Å². The first-order chi connectivity index (χ1) is 9.63. The molecule has 1 heterocycles. The van der Waals surface area contributed by atoms with Crippen LogP contribution in [0.15, 0.2) is 34.4 Å². The molecule has 1 aromatic carbocycles. The van der Waals surface area contributed by atoms with Crippen molar-refractivity contribution in [2.75, 3.05) is 11.3 Å². The minimum atomic E-state index is -0.0327. The Kier molecular flexibility index (Phi) is 4.38. The van der Waals surface area contributed by atoms with Gasteiger partial charge < -0.3 is 0 Å². The van der Waals surface area contributed by atoms with Crippen molar-refractivity contribution in [3.05, 3.63) is 24.3 Å². The second-order valence-corrected chi connectivity index (χ2v) is 4.89. The van der Waals surface area contributed by atoms with Crippen LogP contribution >= 0.6 is 11.8 Å². The molecule has 102 valence electrons. The van der Waals surface area contributed by atoms with Gasteiger partial charge in [-0.15, -0.1) is 0 Å². The number of nitrogens with zero attached hydrogens (tertiary/aromatic N) is 4. The molecule has 0 spiro atoms. The highest BCUT2D eigenvalue weighted by Crippen LogP contribution is 2.24. The fourth-order valence-electron chi connectivity index (χ4n) is 1.72. The number of hydrogen-bond acceptors (Lipinski definition) is 5. The highest BCUT2D eigenvalue weighted by Gasteiger charge is 2.22. The summed E-state index contributed by atoms with van der Waals surface area (Å²) in [6.07, 6.45) is 4.03. The van der Waals surface area contributed by atoms with Gasteiger partial charge in [-0.25, -0.2) is 10.0 Å². The van der Waals surface area contributed by atoms with E-state index in [4.69, 9.17) is 5.26 Å². The lowest BCUT2D eigenvalue weighted by atomic mass is 10.2. The van der Waals surface area contributed by atoms with E-state index in [0.29, 0.717) is 23.0 Å². The second kappa shape index (κ2) is 6.21. The first-order valence-electron chi connectivity index (χ1n) is 5.89. The highest BCUT2D eigenvalue weighted by molar-refractivity contribution is 8.13.